The Balaban J connectivity index is 1.38. The molecule has 0 radical (unpaired) electrons. The van der Waals surface area contributed by atoms with E-state index in [0.29, 0.717) is 38.4 Å². The van der Waals surface area contributed by atoms with Crippen molar-refractivity contribution in [2.24, 2.45) is 0 Å². The highest BCUT2D eigenvalue weighted by molar-refractivity contribution is 7.12. The van der Waals surface area contributed by atoms with Crippen molar-refractivity contribution in [2.45, 2.75) is 31.5 Å². The zero-order valence-corrected chi connectivity index (χ0v) is 17.2. The van der Waals surface area contributed by atoms with Crippen molar-refractivity contribution in [3.8, 4) is 6.07 Å². The number of nitrogens with one attached hydrogen (secondary N) is 1. The Morgan fingerprint density at radius 2 is 2.38 bits per heavy atom. The number of aryl methyl sites for hydroxylation is 1. The van der Waals surface area contributed by atoms with E-state index < -0.39 is 5.60 Å². The minimum Gasteiger partial charge on any atom is -0.377 e. The maximum Gasteiger partial charge on any atom is 0.264 e. The van der Waals surface area contributed by atoms with Gasteiger partial charge in [-0.25, -0.2) is 4.98 Å². The van der Waals surface area contributed by atoms with Gasteiger partial charge in [0.15, 0.2) is 0 Å². The maximum atomic E-state index is 13.0. The van der Waals surface area contributed by atoms with Gasteiger partial charge in [0.25, 0.3) is 5.91 Å². The number of carbonyl (C=O) groups is 1. The Kier molecular flexibility index (Phi) is 5.81. The number of thiophene rings is 1. The predicted octanol–water partition coefficient (Wildman–Crippen LogP) is 2.83. The summed E-state index contributed by atoms with van der Waals surface area (Å²) >= 11 is 1.49. The molecule has 4 heterocycles. The molecule has 1 amide bonds. The number of carbonyl (C=O) groups excluding carboxylic acids is 1. The van der Waals surface area contributed by atoms with Gasteiger partial charge in [0.05, 0.1) is 36.3 Å². The van der Waals surface area contributed by atoms with Crippen molar-refractivity contribution >= 4 is 23.1 Å². The Bertz CT molecular complexity index is 907. The number of nitrogens with zero attached hydrogens (tertiary/aromatic N) is 3. The van der Waals surface area contributed by atoms with Crippen LogP contribution in [0.5, 0.6) is 0 Å². The number of nitriles is 1. The van der Waals surface area contributed by atoms with E-state index >= 15 is 0 Å². The van der Waals surface area contributed by atoms with Gasteiger partial charge >= 0.3 is 0 Å². The second-order valence-corrected chi connectivity index (χ2v) is 8.51. The molecule has 1 spiro atoms. The number of rotatable bonds is 4. The molecule has 152 valence electrons. The van der Waals surface area contributed by atoms with Crippen LogP contribution >= 0.6 is 11.3 Å². The summed E-state index contributed by atoms with van der Waals surface area (Å²) in [5, 5.41) is 14.1. The molecule has 2 saturated heterocycles. The maximum absolute atomic E-state index is 13.0. The standard InChI is InChI=1S/C21H24N4O3S/c1-15-5-9-29-19(15)20(26)25-7-8-27-14-21(13-25)6-4-17(28-21)12-24-18-3-2-16(10-22)11-23-18/h2-3,5,9,11,17H,4,6-8,12-14H2,1H3,(H,23,24)/t17-,21+/m0/s1. The molecule has 2 atom stereocenters. The third-order valence-corrected chi connectivity index (χ3v) is 6.44. The summed E-state index contributed by atoms with van der Waals surface area (Å²) in [6, 6.07) is 7.57. The number of pyridine rings is 1. The highest BCUT2D eigenvalue weighted by atomic mass is 32.1. The van der Waals surface area contributed by atoms with Crippen LogP contribution in [0.3, 0.4) is 0 Å². The van der Waals surface area contributed by atoms with Crippen molar-refractivity contribution in [1.82, 2.24) is 9.88 Å². The molecule has 7 nitrogen and oxygen atoms in total. The number of ether oxygens (including phenoxy) is 2. The summed E-state index contributed by atoms with van der Waals surface area (Å²) in [5.41, 5.74) is 1.10. The SMILES string of the molecule is Cc1ccsc1C(=O)N1CCOC[C@@]2(CC[C@@H](CNc3ccc(C#N)cn3)O2)C1. The van der Waals surface area contributed by atoms with Gasteiger partial charge in [-0.1, -0.05) is 0 Å². The fraction of sp³-hybridized carbons (Fsp3) is 0.476. The van der Waals surface area contributed by atoms with E-state index in [0.717, 1.165) is 29.1 Å². The third kappa shape index (κ3) is 4.42. The first-order chi connectivity index (χ1) is 14.1. The molecule has 2 fully saturated rings. The molecular weight excluding hydrogens is 388 g/mol. The summed E-state index contributed by atoms with van der Waals surface area (Å²) in [4.78, 5) is 19.9. The molecule has 0 saturated carbocycles. The third-order valence-electron chi connectivity index (χ3n) is 5.44. The van der Waals surface area contributed by atoms with Gasteiger partial charge in [0.2, 0.25) is 0 Å². The first-order valence-electron chi connectivity index (χ1n) is 9.77. The lowest BCUT2D eigenvalue weighted by molar-refractivity contribution is -0.0802. The largest absolute Gasteiger partial charge is 0.377 e. The van der Waals surface area contributed by atoms with E-state index in [1.807, 2.05) is 23.3 Å². The van der Waals surface area contributed by atoms with Crippen molar-refractivity contribution in [1.29, 1.82) is 5.26 Å². The lowest BCUT2D eigenvalue weighted by Gasteiger charge is -2.32. The van der Waals surface area contributed by atoms with Crippen LogP contribution in [0.25, 0.3) is 0 Å². The van der Waals surface area contributed by atoms with E-state index in [9.17, 15) is 4.79 Å². The zero-order chi connectivity index (χ0) is 20.3. The monoisotopic (exact) mass is 412 g/mol. The van der Waals surface area contributed by atoms with Gasteiger partial charge in [-0.15, -0.1) is 11.3 Å². The number of hydrogen-bond donors (Lipinski definition) is 1. The minimum absolute atomic E-state index is 0.0227. The minimum atomic E-state index is -0.457. The molecule has 8 heteroatoms. The lowest BCUT2D eigenvalue weighted by Crippen LogP contribution is -2.47. The number of hydrogen-bond acceptors (Lipinski definition) is 7. The molecule has 2 aromatic heterocycles. The highest BCUT2D eigenvalue weighted by Crippen LogP contribution is 2.34. The van der Waals surface area contributed by atoms with E-state index in [-0.39, 0.29) is 12.0 Å². The zero-order valence-electron chi connectivity index (χ0n) is 16.4. The molecule has 1 N–H and O–H groups in total. The molecule has 0 aromatic carbocycles. The highest BCUT2D eigenvalue weighted by Gasteiger charge is 2.44. The fourth-order valence-electron chi connectivity index (χ4n) is 3.86. The van der Waals surface area contributed by atoms with Crippen LogP contribution < -0.4 is 5.32 Å². The van der Waals surface area contributed by atoms with Crippen LogP contribution in [-0.4, -0.2) is 60.3 Å². The normalized spacial score (nSPS) is 24.3. The number of amides is 1. The average Bonchev–Trinajstić information content (AvgIpc) is 3.28. The first-order valence-corrected chi connectivity index (χ1v) is 10.7. The lowest BCUT2D eigenvalue weighted by atomic mass is 10.00. The number of anilines is 1. The second-order valence-electron chi connectivity index (χ2n) is 7.60. The van der Waals surface area contributed by atoms with Crippen LogP contribution in [0.4, 0.5) is 5.82 Å². The smallest absolute Gasteiger partial charge is 0.264 e. The van der Waals surface area contributed by atoms with Crippen molar-refractivity contribution < 1.29 is 14.3 Å². The molecule has 2 aromatic rings. The van der Waals surface area contributed by atoms with Gasteiger partial charge in [0.1, 0.15) is 17.5 Å². The van der Waals surface area contributed by atoms with Crippen LogP contribution in [0.2, 0.25) is 0 Å². The second kappa shape index (κ2) is 8.49. The van der Waals surface area contributed by atoms with Crippen LogP contribution in [0, 0.1) is 18.3 Å². The van der Waals surface area contributed by atoms with Crippen LogP contribution in [-0.2, 0) is 9.47 Å². The molecule has 0 aliphatic carbocycles. The summed E-state index contributed by atoms with van der Waals surface area (Å²) in [5.74, 6) is 0.782. The quantitative estimate of drug-likeness (QED) is 0.831. The first kappa shape index (κ1) is 19.8. The summed E-state index contributed by atoms with van der Waals surface area (Å²) < 4.78 is 12.2. The van der Waals surface area contributed by atoms with E-state index in [1.54, 1.807) is 18.3 Å². The average molecular weight is 413 g/mol. The molecular formula is C21H24N4O3S. The van der Waals surface area contributed by atoms with Gasteiger partial charge in [-0.2, -0.15) is 5.26 Å². The van der Waals surface area contributed by atoms with Gasteiger partial charge in [-0.3, -0.25) is 4.79 Å². The molecule has 2 aliphatic rings. The van der Waals surface area contributed by atoms with Crippen LogP contribution in [0.15, 0.2) is 29.8 Å². The van der Waals surface area contributed by atoms with E-state index in [4.69, 9.17) is 14.7 Å². The van der Waals surface area contributed by atoms with Crippen molar-refractivity contribution in [3.05, 3.63) is 45.8 Å². The summed E-state index contributed by atoms with van der Waals surface area (Å²) in [6.45, 7) is 4.76. The van der Waals surface area contributed by atoms with Crippen molar-refractivity contribution in [2.75, 3.05) is 38.2 Å². The Morgan fingerprint density at radius 1 is 1.48 bits per heavy atom. The summed E-state index contributed by atoms with van der Waals surface area (Å²) in [6.07, 6.45) is 3.32. The Hall–Kier alpha value is -2.47. The molecule has 29 heavy (non-hydrogen) atoms. The van der Waals surface area contributed by atoms with Crippen LogP contribution in [0.1, 0.15) is 33.6 Å². The van der Waals surface area contributed by atoms with Gasteiger partial charge in [-0.05, 0) is 48.9 Å². The Labute approximate surface area is 174 Å². The van der Waals surface area contributed by atoms with E-state index in [2.05, 4.69) is 16.4 Å². The van der Waals surface area contributed by atoms with Crippen molar-refractivity contribution in [3.63, 3.8) is 0 Å². The fourth-order valence-corrected chi connectivity index (χ4v) is 4.75. The van der Waals surface area contributed by atoms with Gasteiger partial charge in [0, 0.05) is 19.3 Å². The van der Waals surface area contributed by atoms with Gasteiger partial charge < -0.3 is 19.7 Å². The van der Waals surface area contributed by atoms with E-state index in [1.165, 1.54) is 11.3 Å². The molecule has 0 unspecified atom stereocenters. The molecule has 0 bridgehead atoms. The Morgan fingerprint density at radius 3 is 3.10 bits per heavy atom. The molecule has 4 rings (SSSR count). The topological polar surface area (TPSA) is 87.5 Å². The predicted molar refractivity (Wildman–Crippen MR) is 110 cm³/mol. The number of aromatic nitrogens is 1. The molecule has 2 aliphatic heterocycles. The summed E-state index contributed by atoms with van der Waals surface area (Å²) in [7, 11) is 0.